The van der Waals surface area contributed by atoms with Gasteiger partial charge >= 0.3 is 0 Å². The maximum atomic E-state index is 5.73. The Morgan fingerprint density at radius 3 is 3.16 bits per heavy atom. The Labute approximate surface area is 115 Å². The molecule has 2 heterocycles. The minimum absolute atomic E-state index is 0.719. The van der Waals surface area contributed by atoms with E-state index >= 15 is 0 Å². The summed E-state index contributed by atoms with van der Waals surface area (Å²) in [5.74, 6) is 0. The van der Waals surface area contributed by atoms with Crippen LogP contribution in [0.4, 0.5) is 10.8 Å². The lowest BCUT2D eigenvalue weighted by Crippen LogP contribution is -2.05. The van der Waals surface area contributed by atoms with E-state index in [1.807, 2.05) is 30.5 Å². The van der Waals surface area contributed by atoms with E-state index in [1.165, 1.54) is 0 Å². The number of pyridine rings is 1. The van der Waals surface area contributed by atoms with Crippen molar-refractivity contribution in [1.82, 2.24) is 9.97 Å². The number of thiazole rings is 1. The molecule has 3 aromatic rings. The molecule has 0 aliphatic rings. The van der Waals surface area contributed by atoms with Gasteiger partial charge in [-0.15, -0.1) is 0 Å². The zero-order chi connectivity index (χ0) is 13.1. The van der Waals surface area contributed by atoms with Gasteiger partial charge in [0.25, 0.3) is 0 Å². The van der Waals surface area contributed by atoms with E-state index in [0.717, 1.165) is 39.7 Å². The number of nitrogens with one attached hydrogen (secondary N) is 1. The molecule has 2 aromatic heterocycles. The lowest BCUT2D eigenvalue weighted by atomic mass is 10.3. The SMILES string of the molecule is Nc1c[c]c2nc(NCCc3ccccn3)sc2c1. The van der Waals surface area contributed by atoms with Crippen LogP contribution < -0.4 is 11.1 Å². The third-order valence-electron chi connectivity index (χ3n) is 2.71. The minimum atomic E-state index is 0.719. The predicted molar refractivity (Wildman–Crippen MR) is 79.3 cm³/mol. The van der Waals surface area contributed by atoms with Gasteiger partial charge in [-0.2, -0.15) is 0 Å². The molecule has 0 fully saturated rings. The molecular weight excluding hydrogens is 256 g/mol. The van der Waals surface area contributed by atoms with Gasteiger partial charge in [-0.3, -0.25) is 4.98 Å². The van der Waals surface area contributed by atoms with Gasteiger partial charge in [0.1, 0.15) is 0 Å². The molecule has 0 aliphatic heterocycles. The van der Waals surface area contributed by atoms with Gasteiger partial charge in [-0.1, -0.05) is 17.4 Å². The molecule has 0 saturated carbocycles. The molecule has 0 spiro atoms. The number of nitrogens with zero attached hydrogens (tertiary/aromatic N) is 2. The maximum Gasteiger partial charge on any atom is 0.183 e. The standard InChI is InChI=1S/C14H13N4S/c15-10-4-5-12-13(9-10)19-14(18-12)17-8-6-11-3-1-2-7-16-11/h1-4,7,9H,6,8,15H2,(H,17,18). The Morgan fingerprint density at radius 1 is 1.37 bits per heavy atom. The minimum Gasteiger partial charge on any atom is -0.399 e. The first-order valence-corrected chi connectivity index (χ1v) is 6.84. The monoisotopic (exact) mass is 269 g/mol. The lowest BCUT2D eigenvalue weighted by Gasteiger charge is -2.01. The summed E-state index contributed by atoms with van der Waals surface area (Å²) >= 11 is 1.59. The molecule has 3 rings (SSSR count). The second-order valence-corrected chi connectivity index (χ2v) is 5.19. The average Bonchev–Trinajstić information content (AvgIpc) is 2.82. The third-order valence-corrected chi connectivity index (χ3v) is 3.67. The van der Waals surface area contributed by atoms with Crippen molar-refractivity contribution in [2.75, 3.05) is 17.6 Å². The summed E-state index contributed by atoms with van der Waals surface area (Å²) in [4.78, 5) is 8.75. The van der Waals surface area contributed by atoms with Crippen molar-refractivity contribution in [3.63, 3.8) is 0 Å². The quantitative estimate of drug-likeness (QED) is 0.715. The van der Waals surface area contributed by atoms with Crippen LogP contribution in [-0.4, -0.2) is 16.5 Å². The molecule has 95 valence electrons. The van der Waals surface area contributed by atoms with Crippen LogP contribution in [0.25, 0.3) is 10.2 Å². The molecule has 3 N–H and O–H groups in total. The highest BCUT2D eigenvalue weighted by Crippen LogP contribution is 2.26. The number of anilines is 2. The van der Waals surface area contributed by atoms with Crippen LogP contribution in [0.15, 0.2) is 36.5 Å². The first-order chi connectivity index (χ1) is 9.31. The van der Waals surface area contributed by atoms with Crippen molar-refractivity contribution in [3.05, 3.63) is 48.3 Å². The summed E-state index contributed by atoms with van der Waals surface area (Å²) in [5.41, 5.74) is 8.38. The number of hydrogen-bond donors (Lipinski definition) is 2. The van der Waals surface area contributed by atoms with Crippen LogP contribution in [0.3, 0.4) is 0 Å². The van der Waals surface area contributed by atoms with Crippen molar-refractivity contribution >= 4 is 32.4 Å². The summed E-state index contributed by atoms with van der Waals surface area (Å²) in [6, 6.07) is 12.7. The fraction of sp³-hybridized carbons (Fsp3) is 0.143. The summed E-state index contributed by atoms with van der Waals surface area (Å²) in [6.45, 7) is 0.812. The van der Waals surface area contributed by atoms with Gasteiger partial charge in [0.05, 0.1) is 10.2 Å². The lowest BCUT2D eigenvalue weighted by molar-refractivity contribution is 0.960. The number of aromatic nitrogens is 2. The Morgan fingerprint density at radius 2 is 2.32 bits per heavy atom. The summed E-state index contributed by atoms with van der Waals surface area (Å²) in [6.07, 6.45) is 2.69. The number of hydrogen-bond acceptors (Lipinski definition) is 5. The highest BCUT2D eigenvalue weighted by atomic mass is 32.1. The van der Waals surface area contributed by atoms with E-state index in [4.69, 9.17) is 5.73 Å². The molecule has 0 aliphatic carbocycles. The number of rotatable bonds is 4. The Hall–Kier alpha value is -2.14. The van der Waals surface area contributed by atoms with E-state index in [9.17, 15) is 0 Å². The Bertz CT molecular complexity index is 678. The van der Waals surface area contributed by atoms with Gasteiger partial charge in [0, 0.05) is 36.6 Å². The smallest absolute Gasteiger partial charge is 0.183 e. The molecule has 19 heavy (non-hydrogen) atoms. The Kier molecular flexibility index (Phi) is 3.29. The highest BCUT2D eigenvalue weighted by Gasteiger charge is 2.03. The number of nitrogens with two attached hydrogens (primary N) is 1. The average molecular weight is 269 g/mol. The molecule has 1 radical (unpaired) electrons. The van der Waals surface area contributed by atoms with Gasteiger partial charge < -0.3 is 11.1 Å². The molecule has 0 bridgehead atoms. The van der Waals surface area contributed by atoms with E-state index < -0.39 is 0 Å². The van der Waals surface area contributed by atoms with E-state index in [2.05, 4.69) is 21.4 Å². The van der Waals surface area contributed by atoms with Gasteiger partial charge in [-0.05, 0) is 24.3 Å². The van der Waals surface area contributed by atoms with Gasteiger partial charge in [-0.25, -0.2) is 4.98 Å². The summed E-state index contributed by atoms with van der Waals surface area (Å²) in [5, 5.41) is 4.20. The van der Waals surface area contributed by atoms with E-state index in [1.54, 1.807) is 17.4 Å². The first-order valence-electron chi connectivity index (χ1n) is 6.03. The summed E-state index contributed by atoms with van der Waals surface area (Å²) < 4.78 is 1.06. The van der Waals surface area contributed by atoms with Crippen LogP contribution in [0.1, 0.15) is 5.69 Å². The topological polar surface area (TPSA) is 63.8 Å². The van der Waals surface area contributed by atoms with Crippen molar-refractivity contribution in [2.45, 2.75) is 6.42 Å². The Balaban J connectivity index is 1.65. The van der Waals surface area contributed by atoms with Crippen LogP contribution in [-0.2, 0) is 6.42 Å². The number of fused-ring (bicyclic) bond motifs is 1. The van der Waals surface area contributed by atoms with Gasteiger partial charge in [0.2, 0.25) is 0 Å². The molecular formula is C14H13N4S. The highest BCUT2D eigenvalue weighted by molar-refractivity contribution is 7.22. The zero-order valence-electron chi connectivity index (χ0n) is 10.3. The van der Waals surface area contributed by atoms with Crippen LogP contribution in [0.2, 0.25) is 0 Å². The molecule has 0 saturated heterocycles. The van der Waals surface area contributed by atoms with Gasteiger partial charge in [0.15, 0.2) is 5.13 Å². The fourth-order valence-corrected chi connectivity index (χ4v) is 2.71. The van der Waals surface area contributed by atoms with Crippen molar-refractivity contribution in [1.29, 1.82) is 0 Å². The predicted octanol–water partition coefficient (Wildman–Crippen LogP) is 2.73. The van der Waals surface area contributed by atoms with Crippen molar-refractivity contribution < 1.29 is 0 Å². The largest absolute Gasteiger partial charge is 0.399 e. The molecule has 0 atom stereocenters. The van der Waals surface area contributed by atoms with Crippen LogP contribution >= 0.6 is 11.3 Å². The van der Waals surface area contributed by atoms with Crippen molar-refractivity contribution in [2.24, 2.45) is 0 Å². The molecule has 5 heteroatoms. The van der Waals surface area contributed by atoms with Crippen LogP contribution in [0.5, 0.6) is 0 Å². The molecule has 0 amide bonds. The summed E-state index contributed by atoms with van der Waals surface area (Å²) in [7, 11) is 0. The molecule has 4 nitrogen and oxygen atoms in total. The number of nitrogen functional groups attached to an aromatic ring is 1. The molecule has 1 aromatic carbocycles. The van der Waals surface area contributed by atoms with Crippen LogP contribution in [0, 0.1) is 6.07 Å². The second kappa shape index (κ2) is 5.24. The zero-order valence-corrected chi connectivity index (χ0v) is 11.1. The second-order valence-electron chi connectivity index (χ2n) is 4.16. The fourth-order valence-electron chi connectivity index (χ4n) is 1.80. The van der Waals surface area contributed by atoms with Crippen molar-refractivity contribution in [3.8, 4) is 0 Å². The third kappa shape index (κ3) is 2.82. The van der Waals surface area contributed by atoms with E-state index in [-0.39, 0.29) is 0 Å². The first kappa shape index (κ1) is 11.9. The van der Waals surface area contributed by atoms with E-state index in [0.29, 0.717) is 0 Å². The normalized spacial score (nSPS) is 10.7. The maximum absolute atomic E-state index is 5.73. The number of benzene rings is 1. The molecule has 0 unspecified atom stereocenters.